The van der Waals surface area contributed by atoms with Crippen molar-refractivity contribution in [2.24, 2.45) is 5.73 Å². The van der Waals surface area contributed by atoms with Gasteiger partial charge in [-0.1, -0.05) is 35.9 Å². The summed E-state index contributed by atoms with van der Waals surface area (Å²) in [5.41, 5.74) is 8.89. The van der Waals surface area contributed by atoms with E-state index in [1.165, 1.54) is 16.0 Å². The molecule has 3 unspecified atom stereocenters. The molecule has 21 heavy (non-hydrogen) atoms. The van der Waals surface area contributed by atoms with Crippen molar-refractivity contribution < 1.29 is 0 Å². The van der Waals surface area contributed by atoms with Gasteiger partial charge in [0.25, 0.3) is 0 Å². The van der Waals surface area contributed by atoms with Crippen LogP contribution in [0.1, 0.15) is 35.9 Å². The Balaban J connectivity index is 2.17. The van der Waals surface area contributed by atoms with E-state index in [1.54, 1.807) is 0 Å². The number of hydrogen-bond acceptors (Lipinski definition) is 3. The van der Waals surface area contributed by atoms with Crippen LogP contribution in [-0.4, -0.2) is 24.0 Å². The van der Waals surface area contributed by atoms with Gasteiger partial charge in [0.05, 0.1) is 0 Å². The Morgan fingerprint density at radius 1 is 1.19 bits per heavy atom. The molecular weight excluding hydrogens is 276 g/mol. The Morgan fingerprint density at radius 2 is 1.95 bits per heavy atom. The number of nitrogens with zero attached hydrogens (tertiary/aromatic N) is 1. The average molecular weight is 302 g/mol. The molecule has 0 saturated heterocycles. The smallest absolute Gasteiger partial charge is 0.0496 e. The molecule has 0 bridgehead atoms. The summed E-state index contributed by atoms with van der Waals surface area (Å²) in [4.78, 5) is 3.85. The minimum Gasteiger partial charge on any atom is -0.326 e. The number of thiophene rings is 1. The highest BCUT2D eigenvalue weighted by molar-refractivity contribution is 7.09. The SMILES string of the molecule is Cc1cccc(C(C(C)N)N(C)C(C)Cc2cccs2)c1. The van der Waals surface area contributed by atoms with Gasteiger partial charge in [-0.2, -0.15) is 0 Å². The zero-order valence-electron chi connectivity index (χ0n) is 13.4. The molecule has 3 atom stereocenters. The van der Waals surface area contributed by atoms with Crippen LogP contribution in [0.3, 0.4) is 0 Å². The molecule has 2 aromatic rings. The summed E-state index contributed by atoms with van der Waals surface area (Å²) < 4.78 is 0. The largest absolute Gasteiger partial charge is 0.326 e. The summed E-state index contributed by atoms with van der Waals surface area (Å²) in [5.74, 6) is 0. The molecular formula is C18H26N2S. The van der Waals surface area contributed by atoms with E-state index in [1.807, 2.05) is 11.3 Å². The van der Waals surface area contributed by atoms with Crippen molar-refractivity contribution in [1.82, 2.24) is 4.90 Å². The summed E-state index contributed by atoms with van der Waals surface area (Å²) in [7, 11) is 2.19. The van der Waals surface area contributed by atoms with Crippen LogP contribution in [0.2, 0.25) is 0 Å². The molecule has 0 amide bonds. The summed E-state index contributed by atoms with van der Waals surface area (Å²) in [6.07, 6.45) is 1.07. The number of rotatable bonds is 6. The molecule has 2 rings (SSSR count). The van der Waals surface area contributed by atoms with Crippen molar-refractivity contribution in [1.29, 1.82) is 0 Å². The molecule has 0 aliphatic heterocycles. The molecule has 1 heterocycles. The quantitative estimate of drug-likeness (QED) is 0.873. The Hall–Kier alpha value is -1.16. The monoisotopic (exact) mass is 302 g/mol. The zero-order chi connectivity index (χ0) is 15.4. The first-order valence-corrected chi connectivity index (χ1v) is 8.43. The van der Waals surface area contributed by atoms with Gasteiger partial charge in [-0.3, -0.25) is 4.90 Å². The molecule has 0 saturated carbocycles. The minimum atomic E-state index is 0.0996. The van der Waals surface area contributed by atoms with Gasteiger partial charge in [-0.15, -0.1) is 11.3 Å². The fourth-order valence-corrected chi connectivity index (χ4v) is 3.73. The maximum atomic E-state index is 6.29. The molecule has 3 heteroatoms. The van der Waals surface area contributed by atoms with Crippen LogP contribution >= 0.6 is 11.3 Å². The van der Waals surface area contributed by atoms with Gasteiger partial charge in [0.15, 0.2) is 0 Å². The van der Waals surface area contributed by atoms with E-state index in [4.69, 9.17) is 5.73 Å². The first-order chi connectivity index (χ1) is 9.99. The van der Waals surface area contributed by atoms with Gasteiger partial charge in [-0.05, 0) is 51.2 Å². The third-order valence-corrected chi connectivity index (χ3v) is 4.99. The molecule has 114 valence electrons. The van der Waals surface area contributed by atoms with Crippen LogP contribution in [0.15, 0.2) is 41.8 Å². The van der Waals surface area contributed by atoms with Crippen LogP contribution in [-0.2, 0) is 6.42 Å². The number of hydrogen-bond donors (Lipinski definition) is 1. The van der Waals surface area contributed by atoms with Gasteiger partial charge < -0.3 is 5.73 Å². The third kappa shape index (κ3) is 4.16. The van der Waals surface area contributed by atoms with Gasteiger partial charge in [0.1, 0.15) is 0 Å². The van der Waals surface area contributed by atoms with Crippen molar-refractivity contribution in [3.63, 3.8) is 0 Å². The second kappa shape index (κ2) is 7.21. The van der Waals surface area contributed by atoms with E-state index >= 15 is 0 Å². The van der Waals surface area contributed by atoms with Gasteiger partial charge >= 0.3 is 0 Å². The first kappa shape index (κ1) is 16.2. The number of benzene rings is 1. The van der Waals surface area contributed by atoms with Crippen molar-refractivity contribution in [2.45, 2.75) is 45.3 Å². The number of nitrogens with two attached hydrogens (primary N) is 1. The lowest BCUT2D eigenvalue weighted by Gasteiger charge is -2.36. The fraction of sp³-hybridized carbons (Fsp3) is 0.444. The van der Waals surface area contributed by atoms with E-state index in [-0.39, 0.29) is 12.1 Å². The molecule has 0 aliphatic rings. The summed E-state index contributed by atoms with van der Waals surface area (Å²) in [6, 6.07) is 13.8. The lowest BCUT2D eigenvalue weighted by molar-refractivity contribution is 0.164. The minimum absolute atomic E-state index is 0.0996. The summed E-state index contributed by atoms with van der Waals surface area (Å²) in [5, 5.41) is 2.14. The zero-order valence-corrected chi connectivity index (χ0v) is 14.2. The van der Waals surface area contributed by atoms with Crippen molar-refractivity contribution in [3.8, 4) is 0 Å². The van der Waals surface area contributed by atoms with E-state index in [0.717, 1.165) is 6.42 Å². The highest BCUT2D eigenvalue weighted by atomic mass is 32.1. The maximum absolute atomic E-state index is 6.29. The molecule has 2 nitrogen and oxygen atoms in total. The first-order valence-electron chi connectivity index (χ1n) is 7.55. The standard InChI is InChI=1S/C18H26N2S/c1-13-7-5-8-16(11-13)18(15(3)19)20(4)14(2)12-17-9-6-10-21-17/h5-11,14-15,18H,12,19H2,1-4H3. The molecule has 1 aromatic carbocycles. The van der Waals surface area contributed by atoms with Crippen LogP contribution in [0.4, 0.5) is 0 Å². The predicted octanol–water partition coefficient (Wildman–Crippen LogP) is 4.01. The van der Waals surface area contributed by atoms with Crippen LogP contribution < -0.4 is 5.73 Å². The lowest BCUT2D eigenvalue weighted by atomic mass is 9.96. The highest BCUT2D eigenvalue weighted by Gasteiger charge is 2.25. The van der Waals surface area contributed by atoms with Crippen molar-refractivity contribution in [2.75, 3.05) is 7.05 Å². The lowest BCUT2D eigenvalue weighted by Crippen LogP contribution is -2.42. The summed E-state index contributed by atoms with van der Waals surface area (Å²) >= 11 is 1.83. The van der Waals surface area contributed by atoms with E-state index in [2.05, 4.69) is 74.5 Å². The predicted molar refractivity (Wildman–Crippen MR) is 92.8 cm³/mol. The van der Waals surface area contributed by atoms with Gasteiger partial charge in [0, 0.05) is 23.0 Å². The molecule has 1 aromatic heterocycles. The van der Waals surface area contributed by atoms with E-state index in [0.29, 0.717) is 6.04 Å². The second-order valence-corrected chi connectivity index (χ2v) is 7.05. The molecule has 0 aliphatic carbocycles. The highest BCUT2D eigenvalue weighted by Crippen LogP contribution is 2.26. The van der Waals surface area contributed by atoms with Crippen LogP contribution in [0.5, 0.6) is 0 Å². The Labute approximate surface area is 132 Å². The number of aryl methyl sites for hydroxylation is 1. The van der Waals surface area contributed by atoms with Crippen LogP contribution in [0, 0.1) is 6.92 Å². The van der Waals surface area contributed by atoms with E-state index in [9.17, 15) is 0 Å². The fourth-order valence-electron chi connectivity index (χ4n) is 2.90. The normalized spacial score (nSPS) is 15.9. The third-order valence-electron chi connectivity index (χ3n) is 4.09. The Morgan fingerprint density at radius 3 is 2.52 bits per heavy atom. The van der Waals surface area contributed by atoms with Crippen molar-refractivity contribution in [3.05, 3.63) is 57.8 Å². The molecule has 0 spiro atoms. The Kier molecular flexibility index (Phi) is 5.57. The maximum Gasteiger partial charge on any atom is 0.0496 e. The Bertz CT molecular complexity index is 548. The summed E-state index contributed by atoms with van der Waals surface area (Å²) in [6.45, 7) is 6.52. The molecule has 0 radical (unpaired) electrons. The molecule has 0 fully saturated rings. The van der Waals surface area contributed by atoms with Crippen molar-refractivity contribution >= 4 is 11.3 Å². The molecule has 2 N–H and O–H groups in total. The average Bonchev–Trinajstić information content (AvgIpc) is 2.91. The second-order valence-electron chi connectivity index (χ2n) is 6.02. The topological polar surface area (TPSA) is 29.3 Å². The van der Waals surface area contributed by atoms with E-state index < -0.39 is 0 Å². The van der Waals surface area contributed by atoms with Gasteiger partial charge in [-0.25, -0.2) is 0 Å². The van der Waals surface area contributed by atoms with Gasteiger partial charge in [0.2, 0.25) is 0 Å². The number of likely N-dealkylation sites (N-methyl/N-ethyl adjacent to an activating group) is 1. The van der Waals surface area contributed by atoms with Crippen LogP contribution in [0.25, 0.3) is 0 Å².